The van der Waals surface area contributed by atoms with Crippen LogP contribution < -0.4 is 4.74 Å². The van der Waals surface area contributed by atoms with E-state index in [1.54, 1.807) is 12.1 Å². The first-order valence-corrected chi connectivity index (χ1v) is 6.70. The largest absolute Gasteiger partial charge is 0.484 e. The van der Waals surface area contributed by atoms with Crippen LogP contribution in [0.2, 0.25) is 5.02 Å². The molecule has 2 nitrogen and oxygen atoms in total. The zero-order valence-corrected chi connectivity index (χ0v) is 11.3. The Hall–Kier alpha value is -2.05. The van der Waals surface area contributed by atoms with Gasteiger partial charge >= 0.3 is 0 Å². The summed E-state index contributed by atoms with van der Waals surface area (Å²) in [6.07, 6.45) is 1.52. The third-order valence-electron chi connectivity index (χ3n) is 3.49. The zero-order chi connectivity index (χ0) is 14.1. The van der Waals surface area contributed by atoms with Crippen molar-refractivity contribution in [3.8, 4) is 11.8 Å². The Bertz CT molecular complexity index is 708. The molecule has 1 unspecified atom stereocenters. The Labute approximate surface area is 121 Å². The molecule has 0 amide bonds. The Morgan fingerprint density at radius 2 is 2.15 bits per heavy atom. The second kappa shape index (κ2) is 5.15. The fraction of sp³-hybridized carbons (Fsp3) is 0.188. The van der Waals surface area contributed by atoms with Crippen LogP contribution in [0.1, 0.15) is 29.2 Å². The average molecular weight is 288 g/mol. The molecule has 1 atom stereocenters. The maximum Gasteiger partial charge on any atom is 0.144 e. The molecular weight excluding hydrogens is 277 g/mol. The molecule has 0 N–H and O–H groups in total. The first-order chi connectivity index (χ1) is 9.69. The summed E-state index contributed by atoms with van der Waals surface area (Å²) in [4.78, 5) is 0. The minimum Gasteiger partial charge on any atom is -0.484 e. The lowest BCUT2D eigenvalue weighted by atomic mass is 10.1. The summed E-state index contributed by atoms with van der Waals surface area (Å²) < 4.78 is 19.4. The van der Waals surface area contributed by atoms with Crippen LogP contribution in [0.3, 0.4) is 0 Å². The highest BCUT2D eigenvalue weighted by Gasteiger charge is 2.25. The maximum absolute atomic E-state index is 13.6. The summed E-state index contributed by atoms with van der Waals surface area (Å²) in [5, 5.41) is 9.67. The van der Waals surface area contributed by atoms with Crippen molar-refractivity contribution in [2.24, 2.45) is 0 Å². The van der Waals surface area contributed by atoms with E-state index in [1.165, 1.54) is 11.6 Å². The number of nitriles is 1. The molecule has 0 spiro atoms. The van der Waals surface area contributed by atoms with Gasteiger partial charge in [-0.3, -0.25) is 0 Å². The smallest absolute Gasteiger partial charge is 0.144 e. The lowest BCUT2D eigenvalue weighted by molar-refractivity contribution is 0.206. The van der Waals surface area contributed by atoms with Crippen molar-refractivity contribution in [1.82, 2.24) is 0 Å². The predicted octanol–water partition coefficient (Wildman–Crippen LogP) is 4.42. The van der Waals surface area contributed by atoms with Crippen molar-refractivity contribution in [3.63, 3.8) is 0 Å². The van der Waals surface area contributed by atoms with Gasteiger partial charge in [-0.1, -0.05) is 23.7 Å². The molecule has 4 heteroatoms. The standard InChI is InChI=1S/C16H11ClFNO/c17-11-6-4-10-5-7-16(12(10)8-11)20-15-3-1-2-14(18)13(15)9-19/h1-4,6,8,16H,5,7H2. The molecule has 0 saturated carbocycles. The average Bonchev–Trinajstić information content (AvgIpc) is 2.82. The summed E-state index contributed by atoms with van der Waals surface area (Å²) in [6, 6.07) is 12.0. The van der Waals surface area contributed by atoms with Crippen molar-refractivity contribution in [2.75, 3.05) is 0 Å². The highest BCUT2D eigenvalue weighted by atomic mass is 35.5. The number of hydrogen-bond donors (Lipinski definition) is 0. The van der Waals surface area contributed by atoms with E-state index in [1.807, 2.05) is 24.3 Å². The highest BCUT2D eigenvalue weighted by molar-refractivity contribution is 6.30. The van der Waals surface area contributed by atoms with Crippen LogP contribution in [0.25, 0.3) is 0 Å². The number of rotatable bonds is 2. The molecule has 100 valence electrons. The molecule has 3 rings (SSSR count). The molecule has 0 bridgehead atoms. The van der Waals surface area contributed by atoms with Gasteiger partial charge in [-0.25, -0.2) is 4.39 Å². The summed E-state index contributed by atoms with van der Waals surface area (Å²) in [5.41, 5.74) is 2.16. The van der Waals surface area contributed by atoms with Crippen LogP contribution >= 0.6 is 11.6 Å². The first kappa shape index (κ1) is 13.0. The number of hydrogen-bond acceptors (Lipinski definition) is 2. The van der Waals surface area contributed by atoms with E-state index < -0.39 is 5.82 Å². The van der Waals surface area contributed by atoms with Crippen LogP contribution in [0, 0.1) is 17.1 Å². The van der Waals surface area contributed by atoms with Gasteiger partial charge < -0.3 is 4.74 Å². The second-order valence-corrected chi connectivity index (χ2v) is 5.15. The zero-order valence-electron chi connectivity index (χ0n) is 10.6. The molecular formula is C16H11ClFNO. The van der Waals surface area contributed by atoms with Crippen LogP contribution in [0.5, 0.6) is 5.75 Å². The SMILES string of the molecule is N#Cc1c(F)cccc1OC1CCc2ccc(Cl)cc21. The van der Waals surface area contributed by atoms with E-state index in [0.29, 0.717) is 5.02 Å². The number of benzene rings is 2. The van der Waals surface area contributed by atoms with Crippen LogP contribution in [-0.4, -0.2) is 0 Å². The van der Waals surface area contributed by atoms with Crippen molar-refractivity contribution in [3.05, 3.63) is 63.9 Å². The molecule has 0 heterocycles. The number of ether oxygens (including phenoxy) is 1. The van der Waals surface area contributed by atoms with Gasteiger partial charge in [-0.05, 0) is 48.2 Å². The van der Waals surface area contributed by atoms with E-state index in [2.05, 4.69) is 0 Å². The Kier molecular flexibility index (Phi) is 3.33. The van der Waals surface area contributed by atoms with E-state index in [-0.39, 0.29) is 17.4 Å². The minimum atomic E-state index is -0.561. The number of aryl methyl sites for hydroxylation is 1. The van der Waals surface area contributed by atoms with Crippen molar-refractivity contribution in [1.29, 1.82) is 5.26 Å². The Morgan fingerprint density at radius 1 is 1.30 bits per heavy atom. The van der Waals surface area contributed by atoms with E-state index in [9.17, 15) is 4.39 Å². The highest BCUT2D eigenvalue weighted by Crippen LogP contribution is 2.37. The van der Waals surface area contributed by atoms with Gasteiger partial charge in [0.25, 0.3) is 0 Å². The number of halogens is 2. The fourth-order valence-corrected chi connectivity index (χ4v) is 2.70. The van der Waals surface area contributed by atoms with E-state index in [0.717, 1.165) is 18.4 Å². The van der Waals surface area contributed by atoms with Crippen molar-refractivity contribution < 1.29 is 9.13 Å². The summed E-state index contributed by atoms with van der Waals surface area (Å²) >= 11 is 6.01. The molecule has 2 aromatic carbocycles. The molecule has 20 heavy (non-hydrogen) atoms. The quantitative estimate of drug-likeness (QED) is 0.819. The van der Waals surface area contributed by atoms with Gasteiger partial charge in [0.05, 0.1) is 0 Å². The molecule has 0 aliphatic heterocycles. The Morgan fingerprint density at radius 3 is 2.95 bits per heavy atom. The summed E-state index contributed by atoms with van der Waals surface area (Å²) in [5.74, 6) is -0.278. The second-order valence-electron chi connectivity index (χ2n) is 4.71. The van der Waals surface area contributed by atoms with Crippen LogP contribution in [0.15, 0.2) is 36.4 Å². The molecule has 0 radical (unpaired) electrons. The predicted molar refractivity (Wildman–Crippen MR) is 74.3 cm³/mol. The first-order valence-electron chi connectivity index (χ1n) is 6.32. The maximum atomic E-state index is 13.6. The normalized spacial score (nSPS) is 16.6. The van der Waals surface area contributed by atoms with Gasteiger partial charge in [0, 0.05) is 5.02 Å². The lowest BCUT2D eigenvalue weighted by Gasteiger charge is -2.16. The van der Waals surface area contributed by atoms with Crippen molar-refractivity contribution in [2.45, 2.75) is 18.9 Å². The topological polar surface area (TPSA) is 33.0 Å². The third kappa shape index (κ3) is 2.23. The van der Waals surface area contributed by atoms with Gasteiger partial charge in [0.2, 0.25) is 0 Å². The molecule has 1 aliphatic carbocycles. The Balaban J connectivity index is 1.94. The number of fused-ring (bicyclic) bond motifs is 1. The number of nitrogens with zero attached hydrogens (tertiary/aromatic N) is 1. The van der Waals surface area contributed by atoms with Gasteiger partial charge in [-0.2, -0.15) is 5.26 Å². The van der Waals surface area contributed by atoms with Crippen LogP contribution in [-0.2, 0) is 6.42 Å². The molecule has 2 aromatic rings. The molecule has 0 aromatic heterocycles. The third-order valence-corrected chi connectivity index (χ3v) is 3.72. The van der Waals surface area contributed by atoms with Crippen LogP contribution in [0.4, 0.5) is 4.39 Å². The van der Waals surface area contributed by atoms with E-state index >= 15 is 0 Å². The fourth-order valence-electron chi connectivity index (χ4n) is 2.52. The van der Waals surface area contributed by atoms with Gasteiger partial charge in [0.15, 0.2) is 0 Å². The lowest BCUT2D eigenvalue weighted by Crippen LogP contribution is -2.05. The molecule has 0 saturated heterocycles. The summed E-state index contributed by atoms with van der Waals surface area (Å²) in [6.45, 7) is 0. The van der Waals surface area contributed by atoms with Gasteiger partial charge in [0.1, 0.15) is 29.3 Å². The van der Waals surface area contributed by atoms with Crippen molar-refractivity contribution >= 4 is 11.6 Å². The minimum absolute atomic E-state index is 0.0528. The van der Waals surface area contributed by atoms with Gasteiger partial charge in [-0.15, -0.1) is 0 Å². The molecule has 1 aliphatic rings. The molecule has 0 fully saturated rings. The summed E-state index contributed by atoms with van der Waals surface area (Å²) in [7, 11) is 0. The monoisotopic (exact) mass is 287 g/mol. The van der Waals surface area contributed by atoms with E-state index in [4.69, 9.17) is 21.6 Å².